The van der Waals surface area contributed by atoms with E-state index in [2.05, 4.69) is 21.9 Å². The number of guanidine groups is 1. The fourth-order valence-electron chi connectivity index (χ4n) is 1.84. The number of hydrogen-bond donors (Lipinski definition) is 2. The Balaban J connectivity index is 2.26. The van der Waals surface area contributed by atoms with E-state index in [0.29, 0.717) is 6.54 Å². The Labute approximate surface area is 136 Å². The van der Waals surface area contributed by atoms with Gasteiger partial charge in [-0.25, -0.2) is 4.39 Å². The maximum atomic E-state index is 13.5. The topological polar surface area (TPSA) is 45.7 Å². The summed E-state index contributed by atoms with van der Waals surface area (Å²) in [6.45, 7) is 3.34. The molecule has 1 aromatic carbocycles. The maximum absolute atomic E-state index is 13.5. The van der Waals surface area contributed by atoms with Crippen molar-refractivity contribution in [2.75, 3.05) is 32.1 Å². The first-order valence-corrected chi connectivity index (χ1v) is 8.91. The van der Waals surface area contributed by atoms with Crippen LogP contribution in [0, 0.1) is 5.82 Å². The molecule has 0 saturated heterocycles. The van der Waals surface area contributed by atoms with Gasteiger partial charge in [0, 0.05) is 13.6 Å². The largest absolute Gasteiger partial charge is 0.486 e. The number of nitrogens with one attached hydrogen (secondary N) is 2. The van der Waals surface area contributed by atoms with Crippen molar-refractivity contribution in [3.63, 3.8) is 0 Å². The molecule has 0 aliphatic carbocycles. The molecule has 4 nitrogen and oxygen atoms in total. The van der Waals surface area contributed by atoms with Crippen LogP contribution in [0.1, 0.15) is 19.8 Å². The van der Waals surface area contributed by atoms with Crippen LogP contribution in [0.25, 0.3) is 0 Å². The third kappa shape index (κ3) is 7.54. The minimum absolute atomic E-state index is 0.160. The second-order valence-electron chi connectivity index (χ2n) is 4.94. The van der Waals surface area contributed by atoms with Gasteiger partial charge in [-0.05, 0) is 43.9 Å². The van der Waals surface area contributed by atoms with Gasteiger partial charge >= 0.3 is 0 Å². The Bertz CT molecular complexity index is 457. The molecule has 0 radical (unpaired) electrons. The van der Waals surface area contributed by atoms with Gasteiger partial charge in [0.25, 0.3) is 0 Å². The van der Waals surface area contributed by atoms with E-state index < -0.39 is 0 Å². The second kappa shape index (κ2) is 11.2. The monoisotopic (exact) mass is 327 g/mol. The highest BCUT2D eigenvalue weighted by Gasteiger charge is 2.08. The fourth-order valence-corrected chi connectivity index (χ4v) is 2.33. The van der Waals surface area contributed by atoms with Gasteiger partial charge in [-0.3, -0.25) is 4.99 Å². The van der Waals surface area contributed by atoms with Crippen LogP contribution in [-0.2, 0) is 0 Å². The number of halogens is 1. The molecule has 1 atom stereocenters. The first kappa shape index (κ1) is 18.6. The summed E-state index contributed by atoms with van der Waals surface area (Å²) in [7, 11) is 1.74. The van der Waals surface area contributed by atoms with Gasteiger partial charge < -0.3 is 15.4 Å². The number of aliphatic imine (C=N–C) groups is 1. The van der Waals surface area contributed by atoms with Crippen LogP contribution in [0.5, 0.6) is 5.75 Å². The smallest absolute Gasteiger partial charge is 0.191 e. The molecule has 124 valence electrons. The quantitative estimate of drug-likeness (QED) is 0.416. The van der Waals surface area contributed by atoms with E-state index in [4.69, 9.17) is 4.74 Å². The maximum Gasteiger partial charge on any atom is 0.191 e. The number of thioether (sulfide) groups is 1. The summed E-state index contributed by atoms with van der Waals surface area (Å²) in [5.41, 5.74) is 0. The molecule has 2 N–H and O–H groups in total. The first-order chi connectivity index (χ1) is 10.7. The lowest BCUT2D eigenvalue weighted by Crippen LogP contribution is -2.42. The van der Waals surface area contributed by atoms with E-state index in [0.717, 1.165) is 18.9 Å². The summed E-state index contributed by atoms with van der Waals surface area (Å²) in [4.78, 5) is 4.16. The van der Waals surface area contributed by atoms with Gasteiger partial charge in [-0.15, -0.1) is 0 Å². The van der Waals surface area contributed by atoms with Crippen molar-refractivity contribution in [2.24, 2.45) is 4.99 Å². The number of hydrogen-bond acceptors (Lipinski definition) is 3. The van der Waals surface area contributed by atoms with E-state index in [9.17, 15) is 4.39 Å². The number of nitrogens with zero attached hydrogens (tertiary/aromatic N) is 1. The van der Waals surface area contributed by atoms with Crippen LogP contribution in [0.3, 0.4) is 0 Å². The number of ether oxygens (including phenoxy) is 1. The second-order valence-corrected chi connectivity index (χ2v) is 5.92. The predicted molar refractivity (Wildman–Crippen MR) is 93.5 cm³/mol. The van der Waals surface area contributed by atoms with Gasteiger partial charge in [0.1, 0.15) is 6.10 Å². The van der Waals surface area contributed by atoms with Crippen molar-refractivity contribution in [1.82, 2.24) is 10.6 Å². The molecule has 1 unspecified atom stereocenters. The van der Waals surface area contributed by atoms with Gasteiger partial charge in [-0.2, -0.15) is 11.8 Å². The molecule has 0 saturated carbocycles. The predicted octanol–water partition coefficient (Wildman–Crippen LogP) is 2.90. The van der Waals surface area contributed by atoms with Gasteiger partial charge in [0.05, 0.1) is 6.54 Å². The third-order valence-electron chi connectivity index (χ3n) is 3.01. The van der Waals surface area contributed by atoms with Crippen molar-refractivity contribution < 1.29 is 9.13 Å². The van der Waals surface area contributed by atoms with Crippen LogP contribution >= 0.6 is 11.8 Å². The molecule has 22 heavy (non-hydrogen) atoms. The molecule has 0 aliphatic rings. The molecule has 0 spiro atoms. The van der Waals surface area contributed by atoms with Gasteiger partial charge in [-0.1, -0.05) is 12.1 Å². The minimum Gasteiger partial charge on any atom is -0.486 e. The number of para-hydroxylation sites is 1. The molecule has 1 rings (SSSR count). The molecule has 0 aromatic heterocycles. The van der Waals surface area contributed by atoms with Crippen molar-refractivity contribution in [3.8, 4) is 5.75 Å². The number of rotatable bonds is 9. The highest BCUT2D eigenvalue weighted by Crippen LogP contribution is 2.16. The van der Waals surface area contributed by atoms with Crippen molar-refractivity contribution in [2.45, 2.75) is 25.9 Å². The fraction of sp³-hybridized carbons (Fsp3) is 0.562. The summed E-state index contributed by atoms with van der Waals surface area (Å²) in [5.74, 6) is 1.86. The SMILES string of the molecule is CN=C(NCCCCSC)NCC(C)Oc1ccccc1F. The summed E-state index contributed by atoms with van der Waals surface area (Å²) in [6, 6.07) is 6.43. The van der Waals surface area contributed by atoms with E-state index in [-0.39, 0.29) is 17.7 Å². The number of unbranched alkanes of at least 4 members (excludes halogenated alkanes) is 1. The lowest BCUT2D eigenvalue weighted by molar-refractivity contribution is 0.214. The van der Waals surface area contributed by atoms with Crippen LogP contribution in [-0.4, -0.2) is 44.2 Å². The van der Waals surface area contributed by atoms with E-state index >= 15 is 0 Å². The minimum atomic E-state index is -0.342. The highest BCUT2D eigenvalue weighted by atomic mass is 32.2. The standard InChI is InChI=1S/C16H26FN3OS/c1-13(21-15-9-5-4-8-14(15)17)12-20-16(18-2)19-10-6-7-11-22-3/h4-5,8-9,13H,6-7,10-12H2,1-3H3,(H2,18,19,20). The highest BCUT2D eigenvalue weighted by molar-refractivity contribution is 7.98. The molecular formula is C16H26FN3OS. The van der Waals surface area contributed by atoms with Crippen LogP contribution in [0.4, 0.5) is 4.39 Å². The van der Waals surface area contributed by atoms with Gasteiger partial charge in [0.2, 0.25) is 0 Å². The Morgan fingerprint density at radius 1 is 1.32 bits per heavy atom. The zero-order chi connectivity index (χ0) is 16.2. The van der Waals surface area contributed by atoms with E-state index in [1.165, 1.54) is 18.2 Å². The molecular weight excluding hydrogens is 301 g/mol. The average Bonchev–Trinajstić information content (AvgIpc) is 2.52. The van der Waals surface area contributed by atoms with Crippen molar-refractivity contribution >= 4 is 17.7 Å². The molecule has 0 amide bonds. The summed E-state index contributed by atoms with van der Waals surface area (Å²) < 4.78 is 19.1. The van der Waals surface area contributed by atoms with Crippen molar-refractivity contribution in [1.29, 1.82) is 0 Å². The van der Waals surface area contributed by atoms with Crippen molar-refractivity contribution in [3.05, 3.63) is 30.1 Å². The Hall–Kier alpha value is -1.43. The van der Waals surface area contributed by atoms with E-state index in [1.54, 1.807) is 25.2 Å². The lowest BCUT2D eigenvalue weighted by atomic mass is 10.3. The number of benzene rings is 1. The summed E-state index contributed by atoms with van der Waals surface area (Å²) in [5, 5.41) is 6.44. The molecule has 0 aliphatic heterocycles. The summed E-state index contributed by atoms with van der Waals surface area (Å²) in [6.07, 6.45) is 4.26. The zero-order valence-corrected chi connectivity index (χ0v) is 14.4. The first-order valence-electron chi connectivity index (χ1n) is 7.52. The molecule has 6 heteroatoms. The Kier molecular flexibility index (Phi) is 9.46. The van der Waals surface area contributed by atoms with Crippen LogP contribution in [0.15, 0.2) is 29.3 Å². The zero-order valence-electron chi connectivity index (χ0n) is 13.6. The molecule has 0 bridgehead atoms. The molecule has 0 fully saturated rings. The van der Waals surface area contributed by atoms with Crippen LogP contribution < -0.4 is 15.4 Å². The van der Waals surface area contributed by atoms with Crippen LogP contribution in [0.2, 0.25) is 0 Å². The average molecular weight is 327 g/mol. The lowest BCUT2D eigenvalue weighted by Gasteiger charge is -2.18. The van der Waals surface area contributed by atoms with Gasteiger partial charge in [0.15, 0.2) is 17.5 Å². The Morgan fingerprint density at radius 2 is 2.09 bits per heavy atom. The molecule has 0 heterocycles. The molecule has 1 aromatic rings. The normalized spacial score (nSPS) is 12.8. The van der Waals surface area contributed by atoms with E-state index in [1.807, 2.05) is 18.7 Å². The summed E-state index contributed by atoms with van der Waals surface area (Å²) >= 11 is 1.86. The third-order valence-corrected chi connectivity index (χ3v) is 3.71. The Morgan fingerprint density at radius 3 is 2.77 bits per heavy atom.